The third kappa shape index (κ3) is 5.13. The highest BCUT2D eigenvalue weighted by Crippen LogP contribution is 2.20. The van der Waals surface area contributed by atoms with E-state index in [4.69, 9.17) is 9.47 Å². The molecule has 0 bridgehead atoms. The molecule has 0 saturated carbocycles. The van der Waals surface area contributed by atoms with Gasteiger partial charge in [-0.1, -0.05) is 0 Å². The normalized spacial score (nSPS) is 10.7. The summed E-state index contributed by atoms with van der Waals surface area (Å²) in [5.41, 5.74) is 0.547. The van der Waals surface area contributed by atoms with Gasteiger partial charge in [0.25, 0.3) is 5.69 Å². The quantitative estimate of drug-likeness (QED) is 0.418. The van der Waals surface area contributed by atoms with Crippen molar-refractivity contribution in [3.63, 3.8) is 0 Å². The topological polar surface area (TPSA) is 81.9 Å². The summed E-state index contributed by atoms with van der Waals surface area (Å²) in [5, 5.41) is 10.6. The molecule has 0 unspecified atom stereocenters. The molecule has 0 aliphatic rings. The Bertz CT molecular complexity index is 469. The summed E-state index contributed by atoms with van der Waals surface area (Å²) in [6.07, 6.45) is -0.529. The molecule has 1 aromatic rings. The largest absolute Gasteiger partial charge is 0.351 e. The van der Waals surface area contributed by atoms with Crippen molar-refractivity contribution in [1.82, 2.24) is 0 Å². The lowest BCUT2D eigenvalue weighted by molar-refractivity contribution is -0.384. The van der Waals surface area contributed by atoms with Gasteiger partial charge < -0.3 is 14.4 Å². The van der Waals surface area contributed by atoms with E-state index >= 15 is 0 Å². The van der Waals surface area contributed by atoms with Crippen LogP contribution in [0.15, 0.2) is 24.3 Å². The molecule has 0 aliphatic heterocycles. The maximum Gasteiger partial charge on any atom is 0.269 e. The molecule has 0 saturated heterocycles. The lowest BCUT2D eigenvalue weighted by Crippen LogP contribution is -2.38. The maximum atomic E-state index is 11.8. The molecule has 0 heterocycles. The van der Waals surface area contributed by atoms with E-state index in [0.717, 1.165) is 0 Å². The predicted octanol–water partition coefficient (Wildman–Crippen LogP) is 2.35. The molecule has 7 heteroatoms. The zero-order valence-corrected chi connectivity index (χ0v) is 12.4. The standard InChI is InChI=1S/C14H20N2O5/c1-4-20-14(21-5-2)10-15(11(3)17)12-6-8-13(9-7-12)16(18)19/h6-9,14H,4-5,10H2,1-3H3. The number of rotatable bonds is 8. The van der Waals surface area contributed by atoms with E-state index in [9.17, 15) is 14.9 Å². The van der Waals surface area contributed by atoms with E-state index in [2.05, 4.69) is 0 Å². The van der Waals surface area contributed by atoms with Crippen LogP contribution in [0.1, 0.15) is 20.8 Å². The monoisotopic (exact) mass is 296 g/mol. The van der Waals surface area contributed by atoms with Crippen molar-refractivity contribution >= 4 is 17.3 Å². The molecule has 1 amide bonds. The summed E-state index contributed by atoms with van der Waals surface area (Å²) in [6, 6.07) is 5.80. The fourth-order valence-electron chi connectivity index (χ4n) is 1.84. The van der Waals surface area contributed by atoms with Crippen LogP contribution in [0.25, 0.3) is 0 Å². The minimum Gasteiger partial charge on any atom is -0.351 e. The van der Waals surface area contributed by atoms with E-state index in [1.54, 1.807) is 0 Å². The minimum absolute atomic E-state index is 0.0200. The van der Waals surface area contributed by atoms with Crippen molar-refractivity contribution in [2.75, 3.05) is 24.7 Å². The number of benzene rings is 1. The van der Waals surface area contributed by atoms with E-state index in [-0.39, 0.29) is 18.1 Å². The summed E-state index contributed by atoms with van der Waals surface area (Å²) in [7, 11) is 0. The fraction of sp³-hybridized carbons (Fsp3) is 0.500. The van der Waals surface area contributed by atoms with Crippen LogP contribution in [-0.4, -0.2) is 36.9 Å². The van der Waals surface area contributed by atoms with Crippen LogP contribution >= 0.6 is 0 Å². The number of carbonyl (C=O) groups is 1. The first-order chi connectivity index (χ1) is 9.99. The molecule has 1 rings (SSSR count). The smallest absolute Gasteiger partial charge is 0.269 e. The summed E-state index contributed by atoms with van der Waals surface area (Å²) < 4.78 is 10.8. The second-order valence-corrected chi connectivity index (χ2v) is 4.24. The van der Waals surface area contributed by atoms with Gasteiger partial charge in [0, 0.05) is 38.0 Å². The molecule has 116 valence electrons. The van der Waals surface area contributed by atoms with Gasteiger partial charge in [0.2, 0.25) is 5.91 Å². The molecule has 21 heavy (non-hydrogen) atoms. The van der Waals surface area contributed by atoms with Crippen molar-refractivity contribution in [2.24, 2.45) is 0 Å². The molecule has 0 radical (unpaired) electrons. The van der Waals surface area contributed by atoms with Crippen LogP contribution in [0.5, 0.6) is 0 Å². The minimum atomic E-state index is -0.529. The Morgan fingerprint density at radius 2 is 1.76 bits per heavy atom. The Labute approximate surface area is 123 Å². The highest BCUT2D eigenvalue weighted by atomic mass is 16.7. The predicted molar refractivity (Wildman–Crippen MR) is 78.2 cm³/mol. The number of nitro benzene ring substituents is 1. The van der Waals surface area contributed by atoms with Gasteiger partial charge in [-0.05, 0) is 26.0 Å². The van der Waals surface area contributed by atoms with E-state index in [1.165, 1.54) is 36.1 Å². The van der Waals surface area contributed by atoms with Gasteiger partial charge >= 0.3 is 0 Å². The molecule has 0 N–H and O–H groups in total. The fourth-order valence-corrected chi connectivity index (χ4v) is 1.84. The number of hydrogen-bond donors (Lipinski definition) is 0. The molecular weight excluding hydrogens is 276 g/mol. The SMILES string of the molecule is CCOC(CN(C(C)=O)c1ccc([N+](=O)[O-])cc1)OCC. The molecule has 7 nitrogen and oxygen atoms in total. The van der Waals surface area contributed by atoms with Gasteiger partial charge in [0.05, 0.1) is 11.5 Å². The van der Waals surface area contributed by atoms with Gasteiger partial charge in [-0.15, -0.1) is 0 Å². The second-order valence-electron chi connectivity index (χ2n) is 4.24. The number of hydrogen-bond acceptors (Lipinski definition) is 5. The summed E-state index contributed by atoms with van der Waals surface area (Å²) in [5.74, 6) is -0.187. The number of amides is 1. The third-order valence-electron chi connectivity index (χ3n) is 2.79. The Morgan fingerprint density at radius 1 is 1.24 bits per heavy atom. The van der Waals surface area contributed by atoms with Crippen molar-refractivity contribution in [2.45, 2.75) is 27.1 Å². The zero-order valence-electron chi connectivity index (χ0n) is 12.4. The first kappa shape index (κ1) is 17.1. The highest BCUT2D eigenvalue weighted by Gasteiger charge is 2.19. The average molecular weight is 296 g/mol. The number of ether oxygens (including phenoxy) is 2. The third-order valence-corrected chi connectivity index (χ3v) is 2.79. The molecule has 0 fully saturated rings. The van der Waals surface area contributed by atoms with Crippen molar-refractivity contribution in [1.29, 1.82) is 0 Å². The van der Waals surface area contributed by atoms with Gasteiger partial charge in [-0.2, -0.15) is 0 Å². The van der Waals surface area contributed by atoms with Crippen LogP contribution < -0.4 is 4.90 Å². The van der Waals surface area contributed by atoms with Crippen molar-refractivity contribution in [3.05, 3.63) is 34.4 Å². The number of carbonyl (C=O) groups excluding carboxylic acids is 1. The molecular formula is C14H20N2O5. The van der Waals surface area contributed by atoms with E-state index in [1.807, 2.05) is 13.8 Å². The Morgan fingerprint density at radius 3 is 2.14 bits per heavy atom. The summed E-state index contributed by atoms with van der Waals surface area (Å²) in [4.78, 5) is 23.4. The van der Waals surface area contributed by atoms with Gasteiger partial charge in [0.1, 0.15) is 0 Å². The Hall–Kier alpha value is -1.99. The molecule has 0 atom stereocenters. The first-order valence-electron chi connectivity index (χ1n) is 6.75. The number of non-ortho nitro benzene ring substituents is 1. The first-order valence-corrected chi connectivity index (χ1v) is 6.75. The average Bonchev–Trinajstić information content (AvgIpc) is 2.45. The van der Waals surface area contributed by atoms with Crippen LogP contribution in [-0.2, 0) is 14.3 Å². The zero-order chi connectivity index (χ0) is 15.8. The van der Waals surface area contributed by atoms with Crippen LogP contribution in [0.3, 0.4) is 0 Å². The lowest BCUT2D eigenvalue weighted by Gasteiger charge is -2.26. The van der Waals surface area contributed by atoms with Crippen LogP contribution in [0.2, 0.25) is 0 Å². The molecule has 0 spiro atoms. The van der Waals surface area contributed by atoms with Gasteiger partial charge in [-0.3, -0.25) is 14.9 Å². The van der Waals surface area contributed by atoms with Crippen LogP contribution in [0.4, 0.5) is 11.4 Å². The van der Waals surface area contributed by atoms with E-state index < -0.39 is 11.2 Å². The Balaban J connectivity index is 2.89. The van der Waals surface area contributed by atoms with Gasteiger partial charge in [0.15, 0.2) is 6.29 Å². The second kappa shape index (κ2) is 8.33. The van der Waals surface area contributed by atoms with Crippen LogP contribution in [0, 0.1) is 10.1 Å². The molecule has 0 aliphatic carbocycles. The molecule has 0 aromatic heterocycles. The highest BCUT2D eigenvalue weighted by molar-refractivity contribution is 5.91. The van der Waals surface area contributed by atoms with Crippen molar-refractivity contribution < 1.29 is 19.2 Å². The number of anilines is 1. The Kier molecular flexibility index (Phi) is 6.77. The number of nitrogens with zero attached hydrogens (tertiary/aromatic N) is 2. The number of nitro groups is 1. The lowest BCUT2D eigenvalue weighted by atomic mass is 10.2. The van der Waals surface area contributed by atoms with Crippen molar-refractivity contribution in [3.8, 4) is 0 Å². The summed E-state index contributed by atoms with van der Waals surface area (Å²) >= 11 is 0. The maximum absolute atomic E-state index is 11.8. The molecule has 1 aromatic carbocycles. The van der Waals surface area contributed by atoms with E-state index in [0.29, 0.717) is 18.9 Å². The summed E-state index contributed by atoms with van der Waals surface area (Å²) in [6.45, 7) is 6.28. The van der Waals surface area contributed by atoms with Gasteiger partial charge in [-0.25, -0.2) is 0 Å².